The van der Waals surface area contributed by atoms with E-state index < -0.39 is 12.4 Å². The van der Waals surface area contributed by atoms with E-state index in [1.54, 1.807) is 12.1 Å². The van der Waals surface area contributed by atoms with Crippen molar-refractivity contribution >= 4 is 18.5 Å². The Labute approximate surface area is 92.3 Å². The van der Waals surface area contributed by atoms with Crippen molar-refractivity contribution in [2.45, 2.75) is 12.8 Å². The molecule has 0 saturated heterocycles. The Morgan fingerprint density at radius 3 is 2.56 bits per heavy atom. The molecule has 0 atom stereocenters. The van der Waals surface area contributed by atoms with Gasteiger partial charge in [0.1, 0.15) is 0 Å². The molecule has 16 heavy (non-hydrogen) atoms. The van der Waals surface area contributed by atoms with Gasteiger partial charge in [-0.2, -0.15) is 5.26 Å². The SMILES string of the molecule is N#CCC/C=C\c1ccccc1[B-](F)(F)F. The van der Waals surface area contributed by atoms with Gasteiger partial charge in [-0.1, -0.05) is 42.0 Å². The number of nitrogens with zero attached hydrogens (tertiary/aromatic N) is 1. The summed E-state index contributed by atoms with van der Waals surface area (Å²) in [6.07, 6.45) is 3.79. The van der Waals surface area contributed by atoms with Crippen molar-refractivity contribution in [2.75, 3.05) is 0 Å². The van der Waals surface area contributed by atoms with Crippen LogP contribution in [0.3, 0.4) is 0 Å². The van der Waals surface area contributed by atoms with Crippen molar-refractivity contribution in [3.63, 3.8) is 0 Å². The van der Waals surface area contributed by atoms with Gasteiger partial charge < -0.3 is 12.9 Å². The zero-order chi connectivity index (χ0) is 12.0. The van der Waals surface area contributed by atoms with Crippen LogP contribution in [0.15, 0.2) is 30.3 Å². The molecule has 0 N–H and O–H groups in total. The Balaban J connectivity index is 2.88. The molecule has 1 aromatic rings. The van der Waals surface area contributed by atoms with E-state index in [4.69, 9.17) is 5.26 Å². The van der Waals surface area contributed by atoms with E-state index in [0.29, 0.717) is 12.8 Å². The molecule has 0 unspecified atom stereocenters. The van der Waals surface area contributed by atoms with Gasteiger partial charge in [-0.25, -0.2) is 0 Å². The molecule has 0 amide bonds. The number of hydrogen-bond donors (Lipinski definition) is 0. The summed E-state index contributed by atoms with van der Waals surface area (Å²) in [6, 6.07) is 7.36. The number of allylic oxidation sites excluding steroid dienone is 1. The Bertz CT molecular complexity index is 418. The average Bonchev–Trinajstić information content (AvgIpc) is 2.24. The molecule has 0 radical (unpaired) electrons. The molecule has 1 rings (SSSR count). The van der Waals surface area contributed by atoms with Crippen LogP contribution in [0.25, 0.3) is 6.08 Å². The van der Waals surface area contributed by atoms with Crippen molar-refractivity contribution in [1.82, 2.24) is 0 Å². The molecule has 1 nitrogen and oxygen atoms in total. The Morgan fingerprint density at radius 2 is 1.94 bits per heavy atom. The highest BCUT2D eigenvalue weighted by atomic mass is 19.4. The van der Waals surface area contributed by atoms with Crippen LogP contribution in [0, 0.1) is 11.3 Å². The van der Waals surface area contributed by atoms with Gasteiger partial charge in [-0.15, -0.1) is 5.46 Å². The molecular formula is C11H10BF3N-. The molecule has 0 aliphatic heterocycles. The maximum absolute atomic E-state index is 12.6. The van der Waals surface area contributed by atoms with Gasteiger partial charge in [0.2, 0.25) is 0 Å². The fourth-order valence-electron chi connectivity index (χ4n) is 1.32. The van der Waals surface area contributed by atoms with Gasteiger partial charge in [0.25, 0.3) is 0 Å². The molecule has 0 spiro atoms. The van der Waals surface area contributed by atoms with Crippen LogP contribution in [0.2, 0.25) is 0 Å². The van der Waals surface area contributed by atoms with Gasteiger partial charge in [-0.3, -0.25) is 0 Å². The zero-order valence-electron chi connectivity index (χ0n) is 8.54. The van der Waals surface area contributed by atoms with Crippen LogP contribution in [-0.2, 0) is 0 Å². The molecule has 84 valence electrons. The van der Waals surface area contributed by atoms with Crippen LogP contribution in [-0.4, -0.2) is 6.98 Å². The standard InChI is InChI=1S/C11H10BF3N/c13-12(14,15)11-8-4-3-7-10(11)6-2-1-5-9-16/h2-4,6-8H,1,5H2/q-1/b6-2-. The van der Waals surface area contributed by atoms with E-state index in [2.05, 4.69) is 0 Å². The highest BCUT2D eigenvalue weighted by molar-refractivity contribution is 6.74. The molecule has 0 aromatic heterocycles. The second-order valence-electron chi connectivity index (χ2n) is 3.30. The quantitative estimate of drug-likeness (QED) is 0.569. The molecule has 0 aliphatic carbocycles. The van der Waals surface area contributed by atoms with Gasteiger partial charge in [-0.05, 0) is 6.42 Å². The third kappa shape index (κ3) is 3.46. The number of hydrogen-bond acceptors (Lipinski definition) is 1. The molecule has 0 heterocycles. The number of halogens is 3. The summed E-state index contributed by atoms with van der Waals surface area (Å²) in [5.74, 6) is 0. The maximum Gasteiger partial charge on any atom is 0.510 e. The summed E-state index contributed by atoms with van der Waals surface area (Å²) in [6.45, 7) is -4.98. The first-order valence-corrected chi connectivity index (χ1v) is 4.88. The maximum atomic E-state index is 12.6. The van der Waals surface area contributed by atoms with Crippen molar-refractivity contribution < 1.29 is 12.9 Å². The van der Waals surface area contributed by atoms with E-state index in [1.165, 1.54) is 18.2 Å². The van der Waals surface area contributed by atoms with Gasteiger partial charge in [0, 0.05) is 6.42 Å². The smallest absolute Gasteiger partial charge is 0.445 e. The Morgan fingerprint density at radius 1 is 1.25 bits per heavy atom. The summed E-state index contributed by atoms with van der Waals surface area (Å²) in [5.41, 5.74) is -0.427. The largest absolute Gasteiger partial charge is 0.510 e. The summed E-state index contributed by atoms with van der Waals surface area (Å²) in [4.78, 5) is 0. The van der Waals surface area contributed by atoms with Crippen LogP contribution in [0.1, 0.15) is 18.4 Å². The monoisotopic (exact) mass is 224 g/mol. The summed E-state index contributed by atoms with van der Waals surface area (Å²) >= 11 is 0. The lowest BCUT2D eigenvalue weighted by atomic mass is 9.77. The van der Waals surface area contributed by atoms with E-state index in [9.17, 15) is 12.9 Å². The zero-order valence-corrected chi connectivity index (χ0v) is 8.54. The molecule has 0 aliphatic rings. The van der Waals surface area contributed by atoms with Gasteiger partial charge >= 0.3 is 6.98 Å². The molecule has 1 aromatic carbocycles. The molecule has 0 fully saturated rings. The van der Waals surface area contributed by atoms with Crippen LogP contribution in [0.4, 0.5) is 12.9 Å². The lowest BCUT2D eigenvalue weighted by molar-refractivity contribution is 0.501. The van der Waals surface area contributed by atoms with Gasteiger partial charge in [0.15, 0.2) is 0 Å². The fourth-order valence-corrected chi connectivity index (χ4v) is 1.32. The highest BCUT2D eigenvalue weighted by Crippen LogP contribution is 2.13. The first kappa shape index (κ1) is 12.4. The molecule has 5 heteroatoms. The fraction of sp³-hybridized carbons (Fsp3) is 0.182. The lowest BCUT2D eigenvalue weighted by Gasteiger charge is -2.17. The normalized spacial score (nSPS) is 11.6. The third-order valence-corrected chi connectivity index (χ3v) is 2.07. The minimum Gasteiger partial charge on any atom is -0.445 e. The van der Waals surface area contributed by atoms with Crippen molar-refractivity contribution in [2.24, 2.45) is 0 Å². The molecule has 0 saturated carbocycles. The Hall–Kier alpha value is -1.70. The van der Waals surface area contributed by atoms with Crippen molar-refractivity contribution in [1.29, 1.82) is 5.26 Å². The number of nitriles is 1. The minimum absolute atomic E-state index is 0.160. The summed E-state index contributed by atoms with van der Waals surface area (Å²) in [5, 5.41) is 8.29. The average molecular weight is 224 g/mol. The van der Waals surface area contributed by atoms with E-state index in [-0.39, 0.29) is 5.56 Å². The van der Waals surface area contributed by atoms with E-state index in [0.717, 1.165) is 6.07 Å². The summed E-state index contributed by atoms with van der Waals surface area (Å²) < 4.78 is 37.8. The minimum atomic E-state index is -4.98. The van der Waals surface area contributed by atoms with Crippen LogP contribution < -0.4 is 5.46 Å². The van der Waals surface area contributed by atoms with Crippen LogP contribution >= 0.6 is 0 Å². The first-order valence-electron chi connectivity index (χ1n) is 4.88. The van der Waals surface area contributed by atoms with Crippen molar-refractivity contribution in [3.8, 4) is 6.07 Å². The van der Waals surface area contributed by atoms with Gasteiger partial charge in [0.05, 0.1) is 6.07 Å². The predicted molar refractivity (Wildman–Crippen MR) is 59.0 cm³/mol. The third-order valence-electron chi connectivity index (χ3n) is 2.07. The number of rotatable bonds is 4. The topological polar surface area (TPSA) is 23.8 Å². The highest BCUT2D eigenvalue weighted by Gasteiger charge is 2.26. The molecule has 0 bridgehead atoms. The van der Waals surface area contributed by atoms with E-state index >= 15 is 0 Å². The molecular weight excluding hydrogens is 214 g/mol. The predicted octanol–water partition coefficient (Wildman–Crippen LogP) is 3.06. The Kier molecular flexibility index (Phi) is 4.18. The second-order valence-corrected chi connectivity index (χ2v) is 3.30. The van der Waals surface area contributed by atoms with E-state index in [1.807, 2.05) is 6.07 Å². The lowest BCUT2D eigenvalue weighted by Crippen LogP contribution is -2.35. The second kappa shape index (κ2) is 5.41. The number of unbranched alkanes of at least 4 members (excludes halogenated alkanes) is 1. The van der Waals surface area contributed by atoms with Crippen LogP contribution in [0.5, 0.6) is 0 Å². The van der Waals surface area contributed by atoms with Crippen molar-refractivity contribution in [3.05, 3.63) is 35.9 Å². The first-order chi connectivity index (χ1) is 7.55. The number of benzene rings is 1. The summed E-state index contributed by atoms with van der Waals surface area (Å²) in [7, 11) is 0.